The van der Waals surface area contributed by atoms with Gasteiger partial charge in [0, 0.05) is 29.5 Å². The van der Waals surface area contributed by atoms with E-state index in [1.54, 1.807) is 18.2 Å². The van der Waals surface area contributed by atoms with Crippen molar-refractivity contribution in [3.8, 4) is 17.0 Å². The molecule has 1 aromatic carbocycles. The Labute approximate surface area is 153 Å². The summed E-state index contributed by atoms with van der Waals surface area (Å²) in [7, 11) is -3.33. The number of nitrogens with one attached hydrogen (secondary N) is 1. The molecular formula is C20H23NO4S. The molecule has 0 unspecified atom stereocenters. The number of carbonyl (C=O) groups is 1. The fourth-order valence-electron chi connectivity index (χ4n) is 3.64. The molecule has 1 fully saturated rings. The van der Waals surface area contributed by atoms with Crippen molar-refractivity contribution in [2.75, 3.05) is 12.9 Å². The largest absolute Gasteiger partial charge is 0.493 e. The van der Waals surface area contributed by atoms with Crippen LogP contribution in [0.15, 0.2) is 23.1 Å². The van der Waals surface area contributed by atoms with E-state index in [0.29, 0.717) is 24.7 Å². The third kappa shape index (κ3) is 3.18. The number of carbonyl (C=O) groups excluding carboxylic acids is 1. The van der Waals surface area contributed by atoms with Crippen LogP contribution in [0, 0.1) is 12.8 Å². The van der Waals surface area contributed by atoms with Crippen molar-refractivity contribution in [2.24, 2.45) is 5.92 Å². The lowest BCUT2D eigenvalue weighted by Gasteiger charge is -2.16. The summed E-state index contributed by atoms with van der Waals surface area (Å²) < 4.78 is 30.1. The predicted molar refractivity (Wildman–Crippen MR) is 99.6 cm³/mol. The molecule has 0 spiro atoms. The van der Waals surface area contributed by atoms with E-state index in [4.69, 9.17) is 4.74 Å². The maximum absolute atomic E-state index is 12.3. The van der Waals surface area contributed by atoms with Gasteiger partial charge in [0.05, 0.1) is 17.2 Å². The lowest BCUT2D eigenvalue weighted by molar-refractivity contribution is 0.0972. The number of aromatic nitrogens is 1. The zero-order valence-corrected chi connectivity index (χ0v) is 15.9. The van der Waals surface area contributed by atoms with Crippen LogP contribution in [0.1, 0.15) is 47.3 Å². The number of rotatable bonds is 5. The summed E-state index contributed by atoms with van der Waals surface area (Å²) in [4.78, 5) is 15.9. The molecule has 0 amide bonds. The minimum absolute atomic E-state index is 0.158. The first-order valence-electron chi connectivity index (χ1n) is 9.06. The maximum Gasteiger partial charge on any atom is 0.175 e. The first-order chi connectivity index (χ1) is 12.3. The van der Waals surface area contributed by atoms with Gasteiger partial charge in [0.1, 0.15) is 5.75 Å². The Morgan fingerprint density at radius 2 is 2.00 bits per heavy atom. The predicted octanol–water partition coefficient (Wildman–Crippen LogP) is 3.70. The van der Waals surface area contributed by atoms with E-state index in [1.807, 2.05) is 6.92 Å². The second kappa shape index (κ2) is 6.27. The number of aryl methyl sites for hydroxylation is 1. The van der Waals surface area contributed by atoms with Gasteiger partial charge in [0.15, 0.2) is 15.6 Å². The van der Waals surface area contributed by atoms with Crippen molar-refractivity contribution < 1.29 is 17.9 Å². The first kappa shape index (κ1) is 17.3. The van der Waals surface area contributed by atoms with E-state index in [2.05, 4.69) is 4.98 Å². The molecule has 2 aliphatic carbocycles. The van der Waals surface area contributed by atoms with Crippen LogP contribution in [-0.4, -0.2) is 32.0 Å². The monoisotopic (exact) mass is 373 g/mol. The quantitative estimate of drug-likeness (QED) is 0.867. The molecule has 0 saturated heterocycles. The Hall–Kier alpha value is -2.08. The summed E-state index contributed by atoms with van der Waals surface area (Å²) >= 11 is 0. The van der Waals surface area contributed by atoms with Crippen LogP contribution in [0.5, 0.6) is 5.75 Å². The second-order valence-corrected chi connectivity index (χ2v) is 9.46. The van der Waals surface area contributed by atoms with Gasteiger partial charge < -0.3 is 9.72 Å². The van der Waals surface area contributed by atoms with Gasteiger partial charge in [0.25, 0.3) is 0 Å². The van der Waals surface area contributed by atoms with Gasteiger partial charge in [-0.05, 0) is 62.3 Å². The Bertz CT molecular complexity index is 983. The summed E-state index contributed by atoms with van der Waals surface area (Å²) in [6, 6.07) is 5.00. The number of benzene rings is 1. The fraction of sp³-hybridized carbons (Fsp3) is 0.450. The number of H-pyrrole nitrogens is 1. The smallest absolute Gasteiger partial charge is 0.175 e. The molecule has 138 valence electrons. The normalized spacial score (nSPS) is 17.2. The molecule has 1 heterocycles. The van der Waals surface area contributed by atoms with E-state index in [-0.39, 0.29) is 10.7 Å². The number of hydrogen-bond donors (Lipinski definition) is 1. The highest BCUT2D eigenvalue weighted by Crippen LogP contribution is 2.40. The van der Waals surface area contributed by atoms with Gasteiger partial charge in [-0.2, -0.15) is 0 Å². The van der Waals surface area contributed by atoms with E-state index in [9.17, 15) is 13.2 Å². The highest BCUT2D eigenvalue weighted by atomic mass is 32.2. The molecule has 0 bridgehead atoms. The maximum atomic E-state index is 12.3. The van der Waals surface area contributed by atoms with Crippen molar-refractivity contribution in [3.05, 3.63) is 35.0 Å². The van der Waals surface area contributed by atoms with Crippen molar-refractivity contribution in [3.63, 3.8) is 0 Å². The summed E-state index contributed by atoms with van der Waals surface area (Å²) in [5.41, 5.74) is 4.15. The first-order valence-corrected chi connectivity index (χ1v) is 11.0. The van der Waals surface area contributed by atoms with Crippen molar-refractivity contribution >= 4 is 15.6 Å². The minimum atomic E-state index is -3.33. The molecule has 0 atom stereocenters. The SMILES string of the molecule is Cc1[nH]c(-c2cc(S(C)(=O)=O)ccc2OCC2CC2)c2c1C(=O)CCC2. The number of hydrogen-bond acceptors (Lipinski definition) is 4. The van der Waals surface area contributed by atoms with Crippen molar-refractivity contribution in [2.45, 2.75) is 43.9 Å². The molecule has 1 N–H and O–H groups in total. The zero-order valence-electron chi connectivity index (χ0n) is 15.1. The third-order valence-corrected chi connectivity index (χ3v) is 6.33. The molecular weight excluding hydrogens is 350 g/mol. The molecule has 1 saturated carbocycles. The molecule has 1 aromatic heterocycles. The molecule has 0 radical (unpaired) electrons. The van der Waals surface area contributed by atoms with Crippen LogP contribution in [0.3, 0.4) is 0 Å². The van der Waals surface area contributed by atoms with E-state index in [1.165, 1.54) is 19.1 Å². The molecule has 6 heteroatoms. The topological polar surface area (TPSA) is 76.2 Å². The lowest BCUT2D eigenvalue weighted by atomic mass is 9.89. The average molecular weight is 373 g/mol. The lowest BCUT2D eigenvalue weighted by Crippen LogP contribution is -2.10. The van der Waals surface area contributed by atoms with Gasteiger partial charge >= 0.3 is 0 Å². The number of ether oxygens (including phenoxy) is 1. The number of sulfone groups is 1. The van der Waals surface area contributed by atoms with Crippen LogP contribution in [0.4, 0.5) is 0 Å². The summed E-state index contributed by atoms with van der Waals surface area (Å²) in [6.45, 7) is 2.54. The van der Waals surface area contributed by atoms with Crippen LogP contribution in [-0.2, 0) is 16.3 Å². The zero-order chi connectivity index (χ0) is 18.5. The molecule has 2 aromatic rings. The Morgan fingerprint density at radius 1 is 1.23 bits per heavy atom. The Balaban J connectivity index is 1.85. The number of ketones is 1. The second-order valence-electron chi connectivity index (χ2n) is 7.44. The van der Waals surface area contributed by atoms with Crippen LogP contribution in [0.25, 0.3) is 11.3 Å². The molecule has 0 aliphatic heterocycles. The number of Topliss-reactive ketones (excluding diaryl/α,β-unsaturated/α-hetero) is 1. The van der Waals surface area contributed by atoms with Gasteiger partial charge in [-0.1, -0.05) is 0 Å². The molecule has 26 heavy (non-hydrogen) atoms. The van der Waals surface area contributed by atoms with Gasteiger partial charge in [-0.25, -0.2) is 8.42 Å². The van der Waals surface area contributed by atoms with Crippen LogP contribution >= 0.6 is 0 Å². The number of aromatic amines is 1. The summed E-state index contributed by atoms with van der Waals surface area (Å²) in [5, 5.41) is 0. The minimum Gasteiger partial charge on any atom is -0.493 e. The fourth-order valence-corrected chi connectivity index (χ4v) is 4.29. The highest BCUT2D eigenvalue weighted by Gasteiger charge is 2.28. The van der Waals surface area contributed by atoms with E-state index in [0.717, 1.165) is 40.9 Å². The summed E-state index contributed by atoms with van der Waals surface area (Å²) in [6.07, 6.45) is 5.77. The van der Waals surface area contributed by atoms with E-state index < -0.39 is 9.84 Å². The Morgan fingerprint density at radius 3 is 2.69 bits per heavy atom. The third-order valence-electron chi connectivity index (χ3n) is 5.22. The molecule has 4 rings (SSSR count). The van der Waals surface area contributed by atoms with Gasteiger partial charge in [-0.15, -0.1) is 0 Å². The van der Waals surface area contributed by atoms with Crippen LogP contribution in [0.2, 0.25) is 0 Å². The highest BCUT2D eigenvalue weighted by molar-refractivity contribution is 7.90. The number of fused-ring (bicyclic) bond motifs is 1. The van der Waals surface area contributed by atoms with Gasteiger partial charge in [0.2, 0.25) is 0 Å². The average Bonchev–Trinajstić information content (AvgIpc) is 3.35. The van der Waals surface area contributed by atoms with Gasteiger partial charge in [-0.3, -0.25) is 4.79 Å². The Kier molecular flexibility index (Phi) is 4.18. The van der Waals surface area contributed by atoms with Crippen molar-refractivity contribution in [1.82, 2.24) is 4.98 Å². The van der Waals surface area contributed by atoms with E-state index >= 15 is 0 Å². The standard InChI is InChI=1S/C20H23NO4S/c1-12-19-15(4-3-5-17(19)22)20(21-12)16-10-14(26(2,23)24)8-9-18(16)25-11-13-6-7-13/h8-10,13,21H,3-7,11H2,1-2H3. The van der Waals surface area contributed by atoms with Crippen molar-refractivity contribution in [1.29, 1.82) is 0 Å². The molecule has 2 aliphatic rings. The molecule has 5 nitrogen and oxygen atoms in total. The van der Waals surface area contributed by atoms with Crippen LogP contribution < -0.4 is 4.74 Å². The summed E-state index contributed by atoms with van der Waals surface area (Å²) in [5.74, 6) is 1.43.